The Bertz CT molecular complexity index is 1020. The maximum Gasteiger partial charge on any atom is 0.420 e. The molecule has 0 spiro atoms. The number of methoxy groups -OCH3 is 1. The van der Waals surface area contributed by atoms with Gasteiger partial charge >= 0.3 is 18.1 Å². The topological polar surface area (TPSA) is 143 Å². The number of ether oxygens (including phenoxy) is 1. The third-order valence-corrected chi connectivity index (χ3v) is 3.79. The van der Waals surface area contributed by atoms with Crippen LogP contribution < -0.4 is 16.0 Å². The molecular formula is C15H10ClF3N2O6. The number of aromatic carboxylic acids is 2. The Balaban J connectivity index is 3.06. The molecule has 5 N–H and O–H groups in total. The molecule has 0 aliphatic carbocycles. The first-order valence-corrected chi connectivity index (χ1v) is 7.25. The molecule has 144 valence electrons. The van der Waals surface area contributed by atoms with Crippen molar-refractivity contribution in [3.8, 4) is 16.9 Å². The fraction of sp³-hybridized carbons (Fsp3) is 0.133. The standard InChI is InChI=1S/C15H10ClF3N2O6/c1-27-10-5(15(17,18)19)2-4(3-6(10)16)7-8(13(23)24)11(20)21-12(22)9(7)14(25)26/h2-3H,1H3,(H,23,24)(H,25,26)(H3,20,21,22). The second-order valence-electron chi connectivity index (χ2n) is 5.14. The van der Waals surface area contributed by atoms with Gasteiger partial charge in [0.25, 0.3) is 5.56 Å². The maximum absolute atomic E-state index is 13.3. The molecule has 1 heterocycles. The number of H-pyrrole nitrogens is 1. The third-order valence-electron chi connectivity index (χ3n) is 3.51. The number of halogens is 4. The summed E-state index contributed by atoms with van der Waals surface area (Å²) in [5, 5.41) is 18.0. The van der Waals surface area contributed by atoms with Crippen LogP contribution in [-0.2, 0) is 6.18 Å². The summed E-state index contributed by atoms with van der Waals surface area (Å²) in [6, 6.07) is 1.28. The fourth-order valence-corrected chi connectivity index (χ4v) is 2.79. The number of carboxylic acids is 2. The number of nitrogen functional groups attached to an aromatic ring is 1. The van der Waals surface area contributed by atoms with Crippen molar-refractivity contribution in [3.63, 3.8) is 0 Å². The van der Waals surface area contributed by atoms with E-state index in [9.17, 15) is 37.8 Å². The zero-order chi connectivity index (χ0) is 20.7. The summed E-state index contributed by atoms with van der Waals surface area (Å²) in [7, 11) is 0.937. The minimum atomic E-state index is -4.97. The van der Waals surface area contributed by atoms with E-state index in [1.165, 1.54) is 0 Å². The van der Waals surface area contributed by atoms with Gasteiger partial charge in [-0.1, -0.05) is 11.6 Å². The second kappa shape index (κ2) is 6.83. The minimum absolute atomic E-state index is 0.428. The molecule has 0 saturated carbocycles. The van der Waals surface area contributed by atoms with E-state index in [1.54, 1.807) is 0 Å². The van der Waals surface area contributed by atoms with E-state index in [-0.39, 0.29) is 0 Å². The molecule has 1 aromatic heterocycles. The van der Waals surface area contributed by atoms with Crippen LogP contribution in [0.1, 0.15) is 26.3 Å². The quantitative estimate of drug-likeness (QED) is 0.611. The summed E-state index contributed by atoms with van der Waals surface area (Å²) in [4.78, 5) is 36.8. The first-order valence-electron chi connectivity index (χ1n) is 6.87. The molecule has 2 rings (SSSR count). The summed E-state index contributed by atoms with van der Waals surface area (Å²) in [5.41, 5.74) is -0.628. The molecule has 0 fully saturated rings. The van der Waals surface area contributed by atoms with Crippen molar-refractivity contribution in [3.05, 3.63) is 44.2 Å². The van der Waals surface area contributed by atoms with Crippen LogP contribution >= 0.6 is 11.6 Å². The number of carboxylic acid groups (broad SMARTS) is 2. The number of nitrogens with one attached hydrogen (secondary N) is 1. The van der Waals surface area contributed by atoms with Gasteiger partial charge in [-0.25, -0.2) is 9.59 Å². The van der Waals surface area contributed by atoms with E-state index >= 15 is 0 Å². The largest absolute Gasteiger partial charge is 0.495 e. The van der Waals surface area contributed by atoms with Crippen LogP contribution in [0.15, 0.2) is 16.9 Å². The molecule has 0 unspecified atom stereocenters. The predicted molar refractivity (Wildman–Crippen MR) is 87.4 cm³/mol. The molecular weight excluding hydrogens is 397 g/mol. The van der Waals surface area contributed by atoms with Crippen molar-refractivity contribution in [1.82, 2.24) is 4.98 Å². The van der Waals surface area contributed by atoms with Gasteiger partial charge in [0.1, 0.15) is 22.7 Å². The summed E-state index contributed by atoms with van der Waals surface area (Å²) in [6.45, 7) is 0. The maximum atomic E-state index is 13.3. The van der Waals surface area contributed by atoms with Crippen LogP contribution in [0.5, 0.6) is 5.75 Å². The number of anilines is 1. The highest BCUT2D eigenvalue weighted by Crippen LogP contribution is 2.44. The molecule has 2 aromatic rings. The monoisotopic (exact) mass is 406 g/mol. The van der Waals surface area contributed by atoms with Crippen molar-refractivity contribution in [1.29, 1.82) is 0 Å². The van der Waals surface area contributed by atoms with Gasteiger partial charge in [0.05, 0.1) is 17.7 Å². The number of hydrogen-bond acceptors (Lipinski definition) is 5. The summed E-state index contributed by atoms with van der Waals surface area (Å²) >= 11 is 5.80. The molecule has 0 radical (unpaired) electrons. The molecule has 0 atom stereocenters. The van der Waals surface area contributed by atoms with Gasteiger partial charge in [-0.2, -0.15) is 13.2 Å². The van der Waals surface area contributed by atoms with E-state index < -0.39 is 68.1 Å². The number of nitrogens with two attached hydrogens (primary N) is 1. The van der Waals surface area contributed by atoms with Crippen LogP contribution in [-0.4, -0.2) is 34.2 Å². The van der Waals surface area contributed by atoms with Gasteiger partial charge in [0.15, 0.2) is 0 Å². The smallest absolute Gasteiger partial charge is 0.420 e. The molecule has 8 nitrogen and oxygen atoms in total. The molecule has 27 heavy (non-hydrogen) atoms. The van der Waals surface area contributed by atoms with Crippen molar-refractivity contribution in [2.45, 2.75) is 6.18 Å². The fourth-order valence-electron chi connectivity index (χ4n) is 2.49. The van der Waals surface area contributed by atoms with Crippen LogP contribution in [0, 0.1) is 0 Å². The van der Waals surface area contributed by atoms with E-state index in [0.717, 1.165) is 13.2 Å². The lowest BCUT2D eigenvalue weighted by Gasteiger charge is -2.17. The number of pyridine rings is 1. The van der Waals surface area contributed by atoms with Gasteiger partial charge in [0, 0.05) is 5.56 Å². The highest BCUT2D eigenvalue weighted by molar-refractivity contribution is 6.32. The van der Waals surface area contributed by atoms with Gasteiger partial charge in [-0.3, -0.25) is 4.79 Å². The van der Waals surface area contributed by atoms with Crippen LogP contribution in [0.3, 0.4) is 0 Å². The normalized spacial score (nSPS) is 11.3. The molecule has 12 heteroatoms. The number of carbonyl (C=O) groups is 2. The van der Waals surface area contributed by atoms with Crippen molar-refractivity contribution in [2.75, 3.05) is 12.8 Å². The van der Waals surface area contributed by atoms with Crippen LogP contribution in [0.4, 0.5) is 19.0 Å². The number of aromatic amines is 1. The summed E-state index contributed by atoms with van der Waals surface area (Å²) < 4.78 is 44.6. The first kappa shape index (κ1) is 20.1. The molecule has 0 bridgehead atoms. The lowest BCUT2D eigenvalue weighted by molar-refractivity contribution is -0.138. The van der Waals surface area contributed by atoms with Gasteiger partial charge in [-0.15, -0.1) is 0 Å². The summed E-state index contributed by atoms with van der Waals surface area (Å²) in [6.07, 6.45) is -4.97. The molecule has 1 aromatic carbocycles. The van der Waals surface area contributed by atoms with E-state index in [1.807, 2.05) is 4.98 Å². The highest BCUT2D eigenvalue weighted by Gasteiger charge is 2.37. The Morgan fingerprint density at radius 2 is 1.74 bits per heavy atom. The predicted octanol–water partition coefficient (Wildman–Crippen LogP) is 2.70. The lowest BCUT2D eigenvalue weighted by atomic mass is 9.93. The van der Waals surface area contributed by atoms with Crippen molar-refractivity contribution >= 4 is 29.4 Å². The average molecular weight is 407 g/mol. The molecule has 0 aliphatic heterocycles. The van der Waals surface area contributed by atoms with Crippen LogP contribution in [0.2, 0.25) is 5.02 Å². The average Bonchev–Trinajstić information content (AvgIpc) is 2.51. The second-order valence-corrected chi connectivity index (χ2v) is 5.55. The Morgan fingerprint density at radius 1 is 1.19 bits per heavy atom. The zero-order valence-corrected chi connectivity index (χ0v) is 14.0. The van der Waals surface area contributed by atoms with Crippen molar-refractivity contribution in [2.24, 2.45) is 0 Å². The number of alkyl halides is 3. The first-order chi connectivity index (χ1) is 12.4. The molecule has 0 amide bonds. The van der Waals surface area contributed by atoms with Crippen LogP contribution in [0.25, 0.3) is 11.1 Å². The third kappa shape index (κ3) is 3.53. The molecule has 0 saturated heterocycles. The summed E-state index contributed by atoms with van der Waals surface area (Å²) in [5.74, 6) is -5.11. The minimum Gasteiger partial charge on any atom is -0.495 e. The highest BCUT2D eigenvalue weighted by atomic mass is 35.5. The Labute approximate surface area is 152 Å². The van der Waals surface area contributed by atoms with Gasteiger partial charge < -0.3 is 25.7 Å². The number of benzene rings is 1. The number of hydrogen-bond donors (Lipinski definition) is 4. The van der Waals surface area contributed by atoms with Crippen molar-refractivity contribution < 1.29 is 37.7 Å². The Kier molecular flexibility index (Phi) is 5.09. The van der Waals surface area contributed by atoms with Gasteiger partial charge in [0.2, 0.25) is 0 Å². The van der Waals surface area contributed by atoms with E-state index in [0.29, 0.717) is 6.07 Å². The van der Waals surface area contributed by atoms with Gasteiger partial charge in [-0.05, 0) is 17.7 Å². The Hall–Kier alpha value is -3.21. The van der Waals surface area contributed by atoms with E-state index in [2.05, 4.69) is 4.74 Å². The van der Waals surface area contributed by atoms with E-state index in [4.69, 9.17) is 17.3 Å². The number of aromatic nitrogens is 1. The molecule has 0 aliphatic rings. The Morgan fingerprint density at radius 3 is 2.19 bits per heavy atom. The SMILES string of the molecule is COc1c(Cl)cc(-c2c(C(=O)O)c(N)[nH]c(=O)c2C(=O)O)cc1C(F)(F)F. The number of rotatable bonds is 4. The lowest BCUT2D eigenvalue weighted by Crippen LogP contribution is -2.24. The zero-order valence-electron chi connectivity index (χ0n) is 13.3.